The van der Waals surface area contributed by atoms with Crippen molar-refractivity contribution in [2.45, 2.75) is 0 Å². The normalized spacial score (nSPS) is 9.67. The Morgan fingerprint density at radius 1 is 1.17 bits per heavy atom. The molecule has 0 aliphatic heterocycles. The molecule has 1 aromatic rings. The highest BCUT2D eigenvalue weighted by Gasteiger charge is 2.17. The highest BCUT2D eigenvalue weighted by molar-refractivity contribution is 5.97. The van der Waals surface area contributed by atoms with Crippen LogP contribution in [0.25, 0.3) is 0 Å². The van der Waals surface area contributed by atoms with E-state index in [2.05, 4.69) is 9.97 Å². The molecule has 5 N–H and O–H groups in total. The molecular weight excluding hydrogens is 166 g/mol. The van der Waals surface area contributed by atoms with Crippen molar-refractivity contribution in [3.05, 3.63) is 5.56 Å². The van der Waals surface area contributed by atoms with Crippen molar-refractivity contribution < 1.29 is 20.1 Å². The topological polar surface area (TPSA) is 130 Å². The van der Waals surface area contributed by atoms with Gasteiger partial charge >= 0.3 is 6.01 Å². The molecule has 7 nitrogen and oxygen atoms in total. The van der Waals surface area contributed by atoms with Crippen molar-refractivity contribution in [2.24, 2.45) is 5.73 Å². The van der Waals surface area contributed by atoms with E-state index in [1.165, 1.54) is 0 Å². The fourth-order valence-corrected chi connectivity index (χ4v) is 0.647. The van der Waals surface area contributed by atoms with Crippen LogP contribution in [0.4, 0.5) is 0 Å². The number of carbonyl (C=O) groups excluding carboxylic acids is 1. The first kappa shape index (κ1) is 8.05. The Bertz CT molecular complexity index is 314. The van der Waals surface area contributed by atoms with Gasteiger partial charge in [0, 0.05) is 0 Å². The zero-order valence-corrected chi connectivity index (χ0v) is 5.72. The van der Waals surface area contributed by atoms with E-state index in [0.29, 0.717) is 0 Å². The largest absolute Gasteiger partial charge is 0.492 e. The van der Waals surface area contributed by atoms with Gasteiger partial charge in [0.05, 0.1) is 0 Å². The zero-order valence-electron chi connectivity index (χ0n) is 5.72. The summed E-state index contributed by atoms with van der Waals surface area (Å²) in [6.07, 6.45) is 0. The van der Waals surface area contributed by atoms with Crippen LogP contribution >= 0.6 is 0 Å². The molecule has 64 valence electrons. The number of aromatic nitrogens is 2. The Hall–Kier alpha value is -2.05. The Morgan fingerprint density at radius 2 is 1.58 bits per heavy atom. The van der Waals surface area contributed by atoms with Gasteiger partial charge in [0.1, 0.15) is 0 Å². The lowest BCUT2D eigenvalue weighted by atomic mass is 10.3. The van der Waals surface area contributed by atoms with E-state index in [4.69, 9.17) is 21.1 Å². The molecule has 0 radical (unpaired) electrons. The molecule has 0 saturated heterocycles. The van der Waals surface area contributed by atoms with E-state index < -0.39 is 29.2 Å². The number of rotatable bonds is 1. The first-order chi connectivity index (χ1) is 5.52. The van der Waals surface area contributed by atoms with E-state index >= 15 is 0 Å². The van der Waals surface area contributed by atoms with Crippen molar-refractivity contribution in [1.82, 2.24) is 9.97 Å². The maximum absolute atomic E-state index is 10.5. The lowest BCUT2D eigenvalue weighted by Gasteiger charge is -2.00. The molecule has 1 aromatic heterocycles. The van der Waals surface area contributed by atoms with Crippen LogP contribution in [0.2, 0.25) is 0 Å². The van der Waals surface area contributed by atoms with Gasteiger partial charge in [-0.1, -0.05) is 0 Å². The van der Waals surface area contributed by atoms with Crippen molar-refractivity contribution in [3.8, 4) is 17.8 Å². The number of aromatic hydroxyl groups is 3. The number of hydrogen-bond donors (Lipinski definition) is 4. The summed E-state index contributed by atoms with van der Waals surface area (Å²) in [4.78, 5) is 16.5. The summed E-state index contributed by atoms with van der Waals surface area (Å²) in [5.74, 6) is -2.79. The zero-order chi connectivity index (χ0) is 9.30. The van der Waals surface area contributed by atoms with E-state index in [9.17, 15) is 4.79 Å². The first-order valence-electron chi connectivity index (χ1n) is 2.81. The number of carbonyl (C=O) groups is 1. The number of primary amides is 1. The van der Waals surface area contributed by atoms with Crippen molar-refractivity contribution in [1.29, 1.82) is 0 Å². The molecule has 12 heavy (non-hydrogen) atoms. The Morgan fingerprint density at radius 3 is 1.92 bits per heavy atom. The highest BCUT2D eigenvalue weighted by Crippen LogP contribution is 2.23. The van der Waals surface area contributed by atoms with Crippen LogP contribution in [0.3, 0.4) is 0 Å². The van der Waals surface area contributed by atoms with E-state index in [1.807, 2.05) is 0 Å². The predicted molar refractivity (Wildman–Crippen MR) is 35.5 cm³/mol. The molecular formula is C5H5N3O4. The maximum atomic E-state index is 10.5. The van der Waals surface area contributed by atoms with Gasteiger partial charge in [0.25, 0.3) is 5.91 Å². The van der Waals surface area contributed by atoms with Crippen LogP contribution in [-0.4, -0.2) is 31.2 Å². The van der Waals surface area contributed by atoms with Gasteiger partial charge in [-0.15, -0.1) is 0 Å². The Balaban J connectivity index is 3.38. The van der Waals surface area contributed by atoms with Crippen LogP contribution in [0, 0.1) is 0 Å². The summed E-state index contributed by atoms with van der Waals surface area (Å²) in [5, 5.41) is 26.3. The highest BCUT2D eigenvalue weighted by atomic mass is 16.3. The summed E-state index contributed by atoms with van der Waals surface area (Å²) >= 11 is 0. The standard InChI is InChI=1S/C5H5N3O4/c6-2(9)1-3(10)7-5(12)8-4(1)11/h(H2,6,9)(H3,7,8,10,11,12). The van der Waals surface area contributed by atoms with Crippen LogP contribution in [0.15, 0.2) is 0 Å². The SMILES string of the molecule is NC(=O)c1c(O)nc(O)nc1O. The number of nitrogens with zero attached hydrogens (tertiary/aromatic N) is 2. The lowest BCUT2D eigenvalue weighted by molar-refractivity contribution is 0.0993. The van der Waals surface area contributed by atoms with Crippen molar-refractivity contribution in [2.75, 3.05) is 0 Å². The van der Waals surface area contributed by atoms with E-state index in [1.54, 1.807) is 0 Å². The third-order valence-electron chi connectivity index (χ3n) is 1.11. The van der Waals surface area contributed by atoms with E-state index in [-0.39, 0.29) is 0 Å². The average Bonchev–Trinajstić information content (AvgIpc) is 1.82. The van der Waals surface area contributed by atoms with Crippen LogP contribution < -0.4 is 5.73 Å². The van der Waals surface area contributed by atoms with Crippen LogP contribution in [-0.2, 0) is 0 Å². The number of hydrogen-bond acceptors (Lipinski definition) is 6. The minimum Gasteiger partial charge on any atom is -0.492 e. The maximum Gasteiger partial charge on any atom is 0.320 e. The molecule has 0 fully saturated rings. The third-order valence-corrected chi connectivity index (χ3v) is 1.11. The van der Waals surface area contributed by atoms with Gasteiger partial charge in [-0.2, -0.15) is 9.97 Å². The summed E-state index contributed by atoms with van der Waals surface area (Å²) in [5.41, 5.74) is 4.13. The smallest absolute Gasteiger partial charge is 0.320 e. The summed E-state index contributed by atoms with van der Waals surface area (Å²) in [6, 6.07) is -0.838. The molecule has 0 saturated carbocycles. The second-order valence-corrected chi connectivity index (χ2v) is 1.91. The summed E-state index contributed by atoms with van der Waals surface area (Å²) < 4.78 is 0. The second-order valence-electron chi connectivity index (χ2n) is 1.91. The fourth-order valence-electron chi connectivity index (χ4n) is 0.647. The monoisotopic (exact) mass is 171 g/mol. The fraction of sp³-hybridized carbons (Fsp3) is 0. The Kier molecular flexibility index (Phi) is 1.70. The van der Waals surface area contributed by atoms with Gasteiger partial charge in [-0.3, -0.25) is 4.79 Å². The first-order valence-corrected chi connectivity index (χ1v) is 2.81. The summed E-state index contributed by atoms with van der Waals surface area (Å²) in [6.45, 7) is 0. The number of nitrogens with two attached hydrogens (primary N) is 1. The van der Waals surface area contributed by atoms with Gasteiger partial charge in [0.2, 0.25) is 11.8 Å². The van der Waals surface area contributed by atoms with Gasteiger partial charge in [-0.25, -0.2) is 0 Å². The molecule has 0 aromatic carbocycles. The molecule has 7 heteroatoms. The molecule has 0 unspecified atom stereocenters. The van der Waals surface area contributed by atoms with E-state index in [0.717, 1.165) is 0 Å². The molecule has 0 bridgehead atoms. The molecule has 0 aliphatic rings. The van der Waals surface area contributed by atoms with Crippen LogP contribution in [0.1, 0.15) is 10.4 Å². The lowest BCUT2D eigenvalue weighted by Crippen LogP contribution is -2.12. The number of amides is 1. The second kappa shape index (κ2) is 2.53. The van der Waals surface area contributed by atoms with Crippen molar-refractivity contribution >= 4 is 5.91 Å². The molecule has 1 amide bonds. The van der Waals surface area contributed by atoms with Gasteiger partial charge < -0.3 is 21.1 Å². The van der Waals surface area contributed by atoms with Gasteiger partial charge in [-0.05, 0) is 0 Å². The molecule has 1 heterocycles. The molecule has 1 rings (SSSR count). The summed E-state index contributed by atoms with van der Waals surface area (Å²) in [7, 11) is 0. The quantitative estimate of drug-likeness (QED) is 0.415. The Labute approximate surface area is 66.1 Å². The third kappa shape index (κ3) is 1.19. The minimum atomic E-state index is -1.08. The minimum absolute atomic E-state index is 0.618. The predicted octanol–water partition coefficient (Wildman–Crippen LogP) is -1.31. The van der Waals surface area contributed by atoms with Crippen LogP contribution in [0.5, 0.6) is 17.8 Å². The van der Waals surface area contributed by atoms with Crippen molar-refractivity contribution in [3.63, 3.8) is 0 Å². The molecule has 0 atom stereocenters. The average molecular weight is 171 g/mol. The van der Waals surface area contributed by atoms with Gasteiger partial charge in [0.15, 0.2) is 5.56 Å². The molecule has 0 spiro atoms. The molecule has 0 aliphatic carbocycles.